The third kappa shape index (κ3) is 12.6. The van der Waals surface area contributed by atoms with Crippen LogP contribution in [-0.4, -0.2) is 37.2 Å². The lowest BCUT2D eigenvalue weighted by atomic mass is 10.2. The summed E-state index contributed by atoms with van der Waals surface area (Å²) in [6.45, 7) is 0. The average molecular weight is 829 g/mol. The predicted molar refractivity (Wildman–Crippen MR) is 181 cm³/mol. The minimum Gasteiger partial charge on any atom is -0.497 e. The van der Waals surface area contributed by atoms with Crippen LogP contribution in [0, 0.1) is 7.14 Å². The van der Waals surface area contributed by atoms with Crippen molar-refractivity contribution in [3.05, 3.63) is 126 Å². The van der Waals surface area contributed by atoms with Gasteiger partial charge in [0.1, 0.15) is 11.5 Å². The lowest BCUT2D eigenvalue weighted by Crippen LogP contribution is -2.41. The van der Waals surface area contributed by atoms with Crippen molar-refractivity contribution in [3.63, 3.8) is 0 Å². The van der Waals surface area contributed by atoms with Crippen molar-refractivity contribution in [1.29, 1.82) is 0 Å². The number of amides is 3. The minimum absolute atomic E-state index is 0.261. The zero-order valence-electron chi connectivity index (χ0n) is 22.9. The topological polar surface area (TPSA) is 149 Å². The van der Waals surface area contributed by atoms with Gasteiger partial charge in [-0.05, 0) is 130 Å². The number of carbonyl (C=O) groups excluding carboxylic acids is 4. The molecule has 0 bridgehead atoms. The number of rotatable bonds is 6. The molecule has 0 fully saturated rings. The van der Waals surface area contributed by atoms with Crippen molar-refractivity contribution < 1.29 is 28.7 Å². The van der Waals surface area contributed by atoms with Crippen molar-refractivity contribution in [1.82, 2.24) is 16.3 Å². The van der Waals surface area contributed by atoms with Crippen LogP contribution in [0.4, 0.5) is 0 Å². The number of methoxy groups -OCH3 is 2. The molecular weight excluding hydrogens is 802 g/mol. The average Bonchev–Trinajstić information content (AvgIpc) is 3.03. The largest absolute Gasteiger partial charge is 0.497 e. The molecular formula is C30H27ClI2N4O6. The smallest absolute Gasteiger partial charge is 0.269 e. The molecule has 4 aromatic rings. The van der Waals surface area contributed by atoms with Crippen LogP contribution < -0.4 is 31.6 Å². The fraction of sp³-hybridized carbons (Fsp3) is 0.0667. The highest BCUT2D eigenvalue weighted by atomic mass is 127. The number of hydrogen-bond acceptors (Lipinski definition) is 7. The van der Waals surface area contributed by atoms with E-state index in [1.54, 1.807) is 78.9 Å². The molecule has 0 saturated carbocycles. The molecule has 13 heteroatoms. The summed E-state index contributed by atoms with van der Waals surface area (Å²) in [5.41, 5.74) is 8.73. The highest BCUT2D eigenvalue weighted by molar-refractivity contribution is 14.1. The van der Waals surface area contributed by atoms with Gasteiger partial charge in [-0.3, -0.25) is 35.5 Å². The molecule has 0 atom stereocenters. The third-order valence-electron chi connectivity index (χ3n) is 5.22. The zero-order chi connectivity index (χ0) is 31.8. The van der Waals surface area contributed by atoms with Gasteiger partial charge in [-0.15, -0.1) is 0 Å². The Bertz CT molecular complexity index is 1570. The van der Waals surface area contributed by atoms with Gasteiger partial charge in [0.05, 0.1) is 14.2 Å². The SMILES string of the molecule is COc1cccc(C(=O)Cl)c1.COc1cccc(C(=O)NNC(=O)c2cccc(I)c2)c1.NNC(=O)c1cccc(I)c1. The number of halogens is 3. The van der Waals surface area contributed by atoms with Crippen molar-refractivity contribution in [2.45, 2.75) is 0 Å². The van der Waals surface area contributed by atoms with Gasteiger partial charge in [0, 0.05) is 29.4 Å². The Balaban J connectivity index is 0.000000247. The van der Waals surface area contributed by atoms with Crippen LogP contribution in [0.15, 0.2) is 97.1 Å². The number of ether oxygens (including phenoxy) is 2. The maximum Gasteiger partial charge on any atom is 0.269 e. The standard InChI is InChI=1S/C15H13IN2O3.C8H7ClO2.C7H7IN2O/c1-21-13-7-3-5-11(9-13)15(20)18-17-14(19)10-4-2-6-12(16)8-10;1-11-7-4-2-3-6(5-7)8(9)10;8-6-3-1-2-5(4-6)7(11)10-9/h2-9H,1H3,(H,17,19)(H,18,20);2-5H,1H3;1-4H,9H2,(H,10,11). The number of hydrazine groups is 2. The molecule has 0 saturated heterocycles. The van der Waals surface area contributed by atoms with Crippen LogP contribution in [0.5, 0.6) is 11.5 Å². The Labute approximate surface area is 280 Å². The summed E-state index contributed by atoms with van der Waals surface area (Å²) >= 11 is 9.49. The Morgan fingerprint density at radius 2 is 0.977 bits per heavy atom. The highest BCUT2D eigenvalue weighted by Gasteiger charge is 2.10. The fourth-order valence-corrected chi connectivity index (χ4v) is 4.31. The van der Waals surface area contributed by atoms with E-state index in [9.17, 15) is 19.2 Å². The summed E-state index contributed by atoms with van der Waals surface area (Å²) in [6, 6.07) is 27.6. The van der Waals surface area contributed by atoms with Crippen LogP contribution >= 0.6 is 56.8 Å². The Hall–Kier alpha value is -3.73. The number of nitrogens with two attached hydrogens (primary N) is 1. The quantitative estimate of drug-likeness (QED) is 0.0675. The van der Waals surface area contributed by atoms with E-state index >= 15 is 0 Å². The van der Waals surface area contributed by atoms with Crippen LogP contribution in [-0.2, 0) is 0 Å². The Kier molecular flexibility index (Phi) is 15.5. The lowest BCUT2D eigenvalue weighted by Gasteiger charge is -2.08. The maximum atomic E-state index is 11.9. The number of benzene rings is 4. The van der Waals surface area contributed by atoms with E-state index in [0.717, 1.165) is 7.14 Å². The van der Waals surface area contributed by atoms with E-state index in [2.05, 4.69) is 61.5 Å². The first-order chi connectivity index (χ1) is 20.6. The number of nitrogens with one attached hydrogen (secondary N) is 3. The molecule has 0 spiro atoms. The molecule has 43 heavy (non-hydrogen) atoms. The van der Waals surface area contributed by atoms with E-state index < -0.39 is 11.1 Å². The van der Waals surface area contributed by atoms with Crippen LogP contribution in [0.1, 0.15) is 41.4 Å². The summed E-state index contributed by atoms with van der Waals surface area (Å²) in [4.78, 5) is 45.4. The maximum absolute atomic E-state index is 11.9. The zero-order valence-corrected chi connectivity index (χ0v) is 28.0. The summed E-state index contributed by atoms with van der Waals surface area (Å²) < 4.78 is 11.9. The van der Waals surface area contributed by atoms with Gasteiger partial charge in [-0.25, -0.2) is 5.84 Å². The molecule has 0 unspecified atom stereocenters. The normalized spacial score (nSPS) is 9.53. The first kappa shape index (κ1) is 35.5. The number of nitrogen functional groups attached to an aromatic ring is 1. The van der Waals surface area contributed by atoms with E-state index in [0.29, 0.717) is 33.8 Å². The van der Waals surface area contributed by atoms with Gasteiger partial charge in [-0.2, -0.15) is 0 Å². The van der Waals surface area contributed by atoms with Crippen molar-refractivity contribution in [2.75, 3.05) is 14.2 Å². The van der Waals surface area contributed by atoms with E-state index in [4.69, 9.17) is 26.9 Å². The highest BCUT2D eigenvalue weighted by Crippen LogP contribution is 2.14. The first-order valence-electron chi connectivity index (χ1n) is 12.2. The minimum atomic E-state index is -0.469. The number of carbonyl (C=O) groups is 4. The molecule has 5 N–H and O–H groups in total. The monoisotopic (exact) mass is 828 g/mol. The first-order valence-corrected chi connectivity index (χ1v) is 14.7. The predicted octanol–water partition coefficient (Wildman–Crippen LogP) is 5.34. The summed E-state index contributed by atoms with van der Waals surface area (Å²) in [5.74, 6) is 5.12. The van der Waals surface area contributed by atoms with Gasteiger partial charge in [0.2, 0.25) is 0 Å². The molecule has 10 nitrogen and oxygen atoms in total. The molecule has 0 radical (unpaired) electrons. The van der Waals surface area contributed by atoms with Crippen LogP contribution in [0.2, 0.25) is 0 Å². The molecule has 0 aliphatic rings. The van der Waals surface area contributed by atoms with Crippen molar-refractivity contribution in [2.24, 2.45) is 5.84 Å². The van der Waals surface area contributed by atoms with Crippen molar-refractivity contribution in [3.8, 4) is 11.5 Å². The Morgan fingerprint density at radius 3 is 1.37 bits per heavy atom. The molecule has 0 heterocycles. The lowest BCUT2D eigenvalue weighted by molar-refractivity contribution is 0.0846. The fourth-order valence-electron chi connectivity index (χ4n) is 3.11. The van der Waals surface area contributed by atoms with Gasteiger partial charge in [0.25, 0.3) is 23.0 Å². The van der Waals surface area contributed by atoms with Crippen molar-refractivity contribution >= 4 is 79.7 Å². The van der Waals surface area contributed by atoms with E-state index in [-0.39, 0.29) is 11.8 Å². The van der Waals surface area contributed by atoms with Gasteiger partial charge in [0.15, 0.2) is 0 Å². The van der Waals surface area contributed by atoms with Gasteiger partial charge in [-0.1, -0.05) is 24.3 Å². The second kappa shape index (κ2) is 18.7. The van der Waals surface area contributed by atoms with Gasteiger partial charge >= 0.3 is 0 Å². The van der Waals surface area contributed by atoms with Gasteiger partial charge < -0.3 is 9.47 Å². The summed E-state index contributed by atoms with van der Waals surface area (Å²) in [6.07, 6.45) is 0. The second-order valence-corrected chi connectivity index (χ2v) is 11.0. The van der Waals surface area contributed by atoms with Crippen LogP contribution in [0.25, 0.3) is 0 Å². The second-order valence-electron chi connectivity index (χ2n) is 8.14. The molecule has 0 aliphatic carbocycles. The molecule has 4 aromatic carbocycles. The third-order valence-corrected chi connectivity index (χ3v) is 6.78. The number of hydrogen-bond donors (Lipinski definition) is 4. The molecule has 0 aliphatic heterocycles. The molecule has 224 valence electrons. The molecule has 4 rings (SSSR count). The summed E-state index contributed by atoms with van der Waals surface area (Å²) in [7, 11) is 3.06. The molecule has 0 aromatic heterocycles. The van der Waals surface area contributed by atoms with E-state index in [1.165, 1.54) is 14.2 Å². The molecule has 3 amide bonds. The Morgan fingerprint density at radius 1 is 0.605 bits per heavy atom. The van der Waals surface area contributed by atoms with Crippen LogP contribution in [0.3, 0.4) is 0 Å². The summed E-state index contributed by atoms with van der Waals surface area (Å²) in [5, 5.41) is -0.469. The van der Waals surface area contributed by atoms with E-state index in [1.807, 2.05) is 18.2 Å².